The molecule has 9 heteroatoms. The highest BCUT2D eigenvalue weighted by atomic mass is 32.1. The molecular formula is C28H36N8S. The van der Waals surface area contributed by atoms with Gasteiger partial charge in [-0.1, -0.05) is 27.2 Å². The van der Waals surface area contributed by atoms with Crippen LogP contribution in [0.1, 0.15) is 94.2 Å². The van der Waals surface area contributed by atoms with Gasteiger partial charge in [0.1, 0.15) is 11.2 Å². The lowest BCUT2D eigenvalue weighted by atomic mass is 9.46. The molecule has 0 radical (unpaired) electrons. The van der Waals surface area contributed by atoms with Gasteiger partial charge in [0.2, 0.25) is 0 Å². The van der Waals surface area contributed by atoms with Crippen molar-refractivity contribution in [3.8, 4) is 0 Å². The van der Waals surface area contributed by atoms with Crippen molar-refractivity contribution in [3.05, 3.63) is 28.4 Å². The molecule has 4 heterocycles. The van der Waals surface area contributed by atoms with Crippen LogP contribution in [0.5, 0.6) is 0 Å². The zero-order valence-electron chi connectivity index (χ0n) is 22.4. The van der Waals surface area contributed by atoms with Crippen molar-refractivity contribution < 1.29 is 0 Å². The van der Waals surface area contributed by atoms with Crippen LogP contribution in [0.3, 0.4) is 0 Å². The third kappa shape index (κ3) is 3.12. The van der Waals surface area contributed by atoms with Gasteiger partial charge in [-0.2, -0.15) is 4.80 Å². The Balaban J connectivity index is 1.22. The number of tetrazole rings is 1. The minimum Gasteiger partial charge on any atom is -0.225 e. The van der Waals surface area contributed by atoms with Gasteiger partial charge in [-0.3, -0.25) is 0 Å². The summed E-state index contributed by atoms with van der Waals surface area (Å²) in [4.78, 5) is 14.9. The molecule has 0 N–H and O–H groups in total. The molecular weight excluding hydrogens is 480 g/mol. The number of hydrogen-bond acceptors (Lipinski definition) is 7. The van der Waals surface area contributed by atoms with Crippen LogP contribution < -0.4 is 0 Å². The van der Waals surface area contributed by atoms with E-state index in [1.54, 1.807) is 0 Å². The maximum absolute atomic E-state index is 5.38. The fourth-order valence-corrected chi connectivity index (χ4v) is 10.2. The molecule has 4 aromatic heterocycles. The number of aryl methyl sites for hydroxylation is 2. The normalized spacial score (nSPS) is 33.0. The van der Waals surface area contributed by atoms with Crippen molar-refractivity contribution in [2.75, 3.05) is 0 Å². The molecule has 4 fully saturated rings. The summed E-state index contributed by atoms with van der Waals surface area (Å²) in [5, 5.41) is 19.9. The minimum atomic E-state index is -0.0426. The Morgan fingerprint density at radius 3 is 2.68 bits per heavy atom. The first-order chi connectivity index (χ1) is 17.8. The lowest BCUT2D eigenvalue weighted by molar-refractivity contribution is -0.0785. The van der Waals surface area contributed by atoms with E-state index in [0.29, 0.717) is 17.3 Å². The van der Waals surface area contributed by atoms with Gasteiger partial charge in [-0.15, -0.1) is 26.6 Å². The summed E-state index contributed by atoms with van der Waals surface area (Å²) < 4.78 is 1.98. The van der Waals surface area contributed by atoms with Crippen molar-refractivity contribution in [3.63, 3.8) is 0 Å². The second kappa shape index (κ2) is 7.36. The van der Waals surface area contributed by atoms with Gasteiger partial charge in [0.05, 0.1) is 10.9 Å². The van der Waals surface area contributed by atoms with Crippen LogP contribution in [0, 0.1) is 30.1 Å². The Kier molecular flexibility index (Phi) is 4.49. The topological polar surface area (TPSA) is 86.7 Å². The van der Waals surface area contributed by atoms with Gasteiger partial charge in [-0.05, 0) is 98.7 Å². The monoisotopic (exact) mass is 516 g/mol. The van der Waals surface area contributed by atoms with Crippen LogP contribution in [-0.4, -0.2) is 39.8 Å². The van der Waals surface area contributed by atoms with Gasteiger partial charge in [-0.25, -0.2) is 14.5 Å². The Hall–Kier alpha value is -2.42. The quantitative estimate of drug-likeness (QED) is 0.360. The zero-order valence-corrected chi connectivity index (χ0v) is 23.2. The van der Waals surface area contributed by atoms with Gasteiger partial charge < -0.3 is 0 Å². The van der Waals surface area contributed by atoms with Crippen LogP contribution >= 0.6 is 11.3 Å². The van der Waals surface area contributed by atoms with E-state index in [4.69, 9.17) is 20.2 Å². The average Bonchev–Trinajstić information content (AvgIpc) is 3.59. The van der Waals surface area contributed by atoms with Crippen molar-refractivity contribution in [1.29, 1.82) is 0 Å². The molecule has 4 aromatic rings. The van der Waals surface area contributed by atoms with Crippen molar-refractivity contribution >= 4 is 27.2 Å². The Labute approximate surface area is 221 Å². The van der Waals surface area contributed by atoms with E-state index >= 15 is 0 Å². The molecule has 0 aromatic carbocycles. The lowest BCUT2D eigenvalue weighted by Gasteiger charge is -2.60. The van der Waals surface area contributed by atoms with Gasteiger partial charge in [0.15, 0.2) is 17.3 Å². The molecule has 0 aliphatic heterocycles. The van der Waals surface area contributed by atoms with Crippen molar-refractivity contribution in [2.45, 2.75) is 103 Å². The molecule has 0 spiro atoms. The molecule has 0 amide bonds. The first kappa shape index (κ1) is 22.6. The number of thiophene rings is 1. The fourth-order valence-electron chi connectivity index (χ4n) is 8.95. The highest BCUT2D eigenvalue weighted by molar-refractivity contribution is 7.19. The maximum atomic E-state index is 5.38. The van der Waals surface area contributed by atoms with Crippen LogP contribution in [0.25, 0.3) is 15.9 Å². The molecule has 9 rings (SSSR count). The molecule has 4 saturated carbocycles. The molecule has 4 bridgehead atoms. The Morgan fingerprint density at radius 2 is 1.95 bits per heavy atom. The minimum absolute atomic E-state index is 0.00368. The molecule has 3 atom stereocenters. The molecule has 8 nitrogen and oxygen atoms in total. The molecule has 0 unspecified atom stereocenters. The summed E-state index contributed by atoms with van der Waals surface area (Å²) in [6.45, 7) is 9.14. The third-order valence-corrected chi connectivity index (χ3v) is 12.0. The third-order valence-electron chi connectivity index (χ3n) is 10.8. The summed E-state index contributed by atoms with van der Waals surface area (Å²) in [6, 6.07) is 0. The average molecular weight is 517 g/mol. The second-order valence-electron chi connectivity index (χ2n) is 13.5. The van der Waals surface area contributed by atoms with E-state index in [9.17, 15) is 0 Å². The largest absolute Gasteiger partial charge is 0.225 e. The molecule has 37 heavy (non-hydrogen) atoms. The number of fused-ring (bicyclic) bond motifs is 5. The number of hydrogen-bond donors (Lipinski definition) is 0. The SMILES string of the molecule is CCC(C)(C)[C@H]1CCc2c(sc3ncn4nc(C56C[C@@H]7C[C@@H](C5)CC(n5nnc(C)n5)(C7)C6)nc4c23)C1. The van der Waals surface area contributed by atoms with Crippen LogP contribution in [-0.2, 0) is 23.8 Å². The number of rotatable bonds is 4. The molecule has 0 saturated heterocycles. The first-order valence-corrected chi connectivity index (χ1v) is 15.0. The Bertz CT molecular complexity index is 1530. The van der Waals surface area contributed by atoms with E-state index in [2.05, 4.69) is 31.1 Å². The highest BCUT2D eigenvalue weighted by Crippen LogP contribution is 2.64. The van der Waals surface area contributed by atoms with Crippen molar-refractivity contribution in [2.24, 2.45) is 23.2 Å². The smallest absolute Gasteiger partial charge is 0.171 e. The molecule has 5 aliphatic carbocycles. The predicted molar refractivity (Wildman–Crippen MR) is 143 cm³/mol. The van der Waals surface area contributed by atoms with E-state index < -0.39 is 0 Å². The molecule has 194 valence electrons. The standard InChI is InChI=1S/C28H36N8S/c1-5-26(3,4)19-6-7-20-21(9-19)37-24-22(20)23-30-25(33-35(23)15-29-24)27-10-17-8-18(11-27)13-28(12-17,14-27)36-32-16(2)31-34-36/h15,17-19H,5-14H2,1-4H3/t17-,18-,19-,27?,28?/m0/s1. The maximum Gasteiger partial charge on any atom is 0.171 e. The molecule has 5 aliphatic rings. The summed E-state index contributed by atoms with van der Waals surface area (Å²) in [7, 11) is 0. The number of nitrogens with zero attached hydrogens (tertiary/aromatic N) is 8. The Morgan fingerprint density at radius 1 is 1.14 bits per heavy atom. The highest BCUT2D eigenvalue weighted by Gasteiger charge is 2.61. The van der Waals surface area contributed by atoms with Gasteiger partial charge in [0, 0.05) is 10.3 Å². The lowest BCUT2D eigenvalue weighted by Crippen LogP contribution is -2.59. The first-order valence-electron chi connectivity index (χ1n) is 14.2. The van der Waals surface area contributed by atoms with Crippen LogP contribution in [0.4, 0.5) is 0 Å². The van der Waals surface area contributed by atoms with Gasteiger partial charge >= 0.3 is 0 Å². The van der Waals surface area contributed by atoms with Gasteiger partial charge in [0.25, 0.3) is 0 Å². The fraction of sp³-hybridized carbons (Fsp3) is 0.714. The summed E-state index contributed by atoms with van der Waals surface area (Å²) in [5.74, 6) is 3.89. The number of aromatic nitrogens is 8. The van der Waals surface area contributed by atoms with E-state index in [1.807, 2.05) is 33.9 Å². The second-order valence-corrected chi connectivity index (χ2v) is 14.6. The van der Waals surface area contributed by atoms with Crippen LogP contribution in [0.15, 0.2) is 6.33 Å². The van der Waals surface area contributed by atoms with Crippen molar-refractivity contribution in [1.82, 2.24) is 39.8 Å². The summed E-state index contributed by atoms with van der Waals surface area (Å²) >= 11 is 1.89. The summed E-state index contributed by atoms with van der Waals surface area (Å²) in [6.07, 6.45) is 13.7. The van der Waals surface area contributed by atoms with E-state index in [0.717, 1.165) is 53.7 Å². The van der Waals surface area contributed by atoms with E-state index in [1.165, 1.54) is 54.4 Å². The van der Waals surface area contributed by atoms with E-state index in [-0.39, 0.29) is 11.0 Å². The zero-order chi connectivity index (χ0) is 25.2. The predicted octanol–water partition coefficient (Wildman–Crippen LogP) is 5.42. The summed E-state index contributed by atoms with van der Waals surface area (Å²) in [5.41, 5.74) is 2.84. The van der Waals surface area contributed by atoms with Crippen LogP contribution in [0.2, 0.25) is 0 Å².